The summed E-state index contributed by atoms with van der Waals surface area (Å²) in [4.78, 5) is 38.1. The number of aryl methyl sites for hydroxylation is 1. The third-order valence-corrected chi connectivity index (χ3v) is 13.5. The predicted octanol–water partition coefficient (Wildman–Crippen LogP) is 9.62. The van der Waals surface area contributed by atoms with Gasteiger partial charge in [0, 0.05) is 26.2 Å². The monoisotopic (exact) mass is 974 g/mol. The van der Waals surface area contributed by atoms with Crippen LogP contribution in [0.2, 0.25) is 0 Å². The fourth-order valence-electron chi connectivity index (χ4n) is 10.4. The first-order chi connectivity index (χ1) is 33.4. The molecule has 4 aliphatic heterocycles. The summed E-state index contributed by atoms with van der Waals surface area (Å²) >= 11 is 0. The maximum Gasteiger partial charge on any atom is 0.418 e. The van der Waals surface area contributed by atoms with Crippen molar-refractivity contribution in [1.29, 1.82) is 0 Å². The third-order valence-electron chi connectivity index (χ3n) is 13.5. The largest absolute Gasteiger partial charge is 0.497 e. The number of methoxy groups -OCH3 is 2. The van der Waals surface area contributed by atoms with Crippen LogP contribution >= 0.6 is 0 Å². The molecule has 3 saturated heterocycles. The summed E-state index contributed by atoms with van der Waals surface area (Å²) in [6, 6.07) is 14.3. The number of hydrogen-bond acceptors (Lipinski definition) is 13. The van der Waals surface area contributed by atoms with Gasteiger partial charge in [0.1, 0.15) is 63.3 Å². The number of halogens is 5. The molecule has 2 aromatic carbocycles. The Kier molecular flexibility index (Phi) is 13.6. The molecule has 0 radical (unpaired) electrons. The van der Waals surface area contributed by atoms with Crippen LogP contribution in [0.1, 0.15) is 82.1 Å². The Morgan fingerprint density at radius 3 is 2.21 bits per heavy atom. The van der Waals surface area contributed by atoms with Gasteiger partial charge >= 0.3 is 18.3 Å². The summed E-state index contributed by atoms with van der Waals surface area (Å²) in [6.07, 6.45) is -4.47. The molecular formula is C51H59F5N8O6. The number of rotatable bonds is 11. The second kappa shape index (κ2) is 19.5. The molecule has 374 valence electrons. The minimum atomic E-state index is -5.01. The van der Waals surface area contributed by atoms with Gasteiger partial charge in [-0.3, -0.25) is 4.90 Å². The van der Waals surface area contributed by atoms with Gasteiger partial charge in [-0.2, -0.15) is 23.1 Å². The number of alkyl halides is 4. The highest BCUT2D eigenvalue weighted by Gasteiger charge is 2.54. The number of carbonyl (C=O) groups excluding carboxylic acids is 1. The highest BCUT2D eigenvalue weighted by molar-refractivity contribution is 5.97. The van der Waals surface area contributed by atoms with Crippen molar-refractivity contribution in [1.82, 2.24) is 30.2 Å². The number of piperazine rings is 1. The molecule has 3 fully saturated rings. The van der Waals surface area contributed by atoms with Gasteiger partial charge in [0.25, 0.3) is 0 Å². The SMILES string of the molecule is COc1ccc(CN(Cc2ccc(OC)cc2)c2cc(C)c(C(F)(F)F)c(-c3nc4c5c(nc(OCC6CCCNC[C@H](F)C6)nc5c3F)N3C[C@H]5CC[C@@H]([C@H]3[C@H](C)O4)N5C(=O)OC(C)(C)C)n2)cc1. The molecule has 2 bridgehead atoms. The number of anilines is 2. The first kappa shape index (κ1) is 48.8. The van der Waals surface area contributed by atoms with E-state index in [0.717, 1.165) is 17.5 Å². The van der Waals surface area contributed by atoms with Crippen LogP contribution in [0.5, 0.6) is 23.4 Å². The lowest BCUT2D eigenvalue weighted by molar-refractivity contribution is -0.137. The molecule has 1 amide bonds. The van der Waals surface area contributed by atoms with Crippen molar-refractivity contribution in [3.05, 3.63) is 82.7 Å². The number of nitrogens with one attached hydrogen (secondary N) is 1. The van der Waals surface area contributed by atoms with E-state index in [2.05, 4.69) is 20.3 Å². The number of nitrogens with zero attached hydrogens (tertiary/aromatic N) is 7. The molecule has 1 N–H and O–H groups in total. The third kappa shape index (κ3) is 10.0. The Balaban J connectivity index is 1.20. The maximum atomic E-state index is 18.0. The Morgan fingerprint density at radius 1 is 0.914 bits per heavy atom. The van der Waals surface area contributed by atoms with Crippen molar-refractivity contribution in [2.75, 3.05) is 50.3 Å². The minimum absolute atomic E-state index is 0.0189. The van der Waals surface area contributed by atoms with Crippen LogP contribution in [0.15, 0.2) is 54.6 Å². The molecule has 6 atom stereocenters. The first-order valence-corrected chi connectivity index (χ1v) is 23.8. The zero-order chi connectivity index (χ0) is 49.6. The van der Waals surface area contributed by atoms with Crippen LogP contribution in [0.3, 0.4) is 0 Å². The number of pyridine rings is 2. The quantitative estimate of drug-likeness (QED) is 0.126. The van der Waals surface area contributed by atoms with E-state index in [9.17, 15) is 9.18 Å². The summed E-state index contributed by atoms with van der Waals surface area (Å²) in [6.45, 7) is 10.0. The number of ether oxygens (including phenoxy) is 5. The smallest absolute Gasteiger partial charge is 0.418 e. The van der Waals surface area contributed by atoms with Crippen LogP contribution < -0.4 is 34.1 Å². The Bertz CT molecular complexity index is 2660. The zero-order valence-electron chi connectivity index (χ0n) is 40.4. The molecular weight excluding hydrogens is 916 g/mol. The van der Waals surface area contributed by atoms with E-state index in [4.69, 9.17) is 28.7 Å². The normalized spacial score (nSPS) is 22.3. The summed E-state index contributed by atoms with van der Waals surface area (Å²) in [5, 5.41) is 3.14. The van der Waals surface area contributed by atoms with Gasteiger partial charge in [-0.15, -0.1) is 0 Å². The molecule has 70 heavy (non-hydrogen) atoms. The Labute approximate surface area is 403 Å². The van der Waals surface area contributed by atoms with Crippen LogP contribution in [-0.2, 0) is 24.0 Å². The average Bonchev–Trinajstić information content (AvgIpc) is 3.55. The first-order valence-electron chi connectivity index (χ1n) is 23.8. The van der Waals surface area contributed by atoms with Crippen molar-refractivity contribution in [2.45, 2.75) is 122 Å². The van der Waals surface area contributed by atoms with Gasteiger partial charge in [-0.25, -0.2) is 23.5 Å². The Hall–Kier alpha value is -6.24. The van der Waals surface area contributed by atoms with E-state index in [1.807, 2.05) is 29.2 Å². The zero-order valence-corrected chi connectivity index (χ0v) is 40.4. The van der Waals surface area contributed by atoms with Gasteiger partial charge in [0.05, 0.1) is 44.5 Å². The molecule has 0 saturated carbocycles. The molecule has 7 heterocycles. The lowest BCUT2D eigenvalue weighted by Crippen LogP contribution is -2.65. The van der Waals surface area contributed by atoms with Crippen molar-refractivity contribution < 1.29 is 50.4 Å². The predicted molar refractivity (Wildman–Crippen MR) is 253 cm³/mol. The van der Waals surface area contributed by atoms with Crippen molar-refractivity contribution in [3.63, 3.8) is 0 Å². The second-order valence-electron chi connectivity index (χ2n) is 19.7. The fourth-order valence-corrected chi connectivity index (χ4v) is 10.4. The van der Waals surface area contributed by atoms with Crippen LogP contribution in [0.4, 0.5) is 38.4 Å². The van der Waals surface area contributed by atoms with E-state index in [-0.39, 0.29) is 91.2 Å². The van der Waals surface area contributed by atoms with E-state index < -0.39 is 65.0 Å². The number of amides is 1. The Morgan fingerprint density at radius 2 is 1.59 bits per heavy atom. The van der Waals surface area contributed by atoms with E-state index >= 15 is 17.6 Å². The summed E-state index contributed by atoms with van der Waals surface area (Å²) in [7, 11) is 3.11. The summed E-state index contributed by atoms with van der Waals surface area (Å²) in [5.74, 6) is -0.0277. The number of benzene rings is 2. The van der Waals surface area contributed by atoms with Crippen LogP contribution in [0, 0.1) is 18.7 Å². The molecule has 5 aromatic rings. The van der Waals surface area contributed by atoms with E-state index in [0.29, 0.717) is 37.3 Å². The molecule has 14 nitrogen and oxygen atoms in total. The van der Waals surface area contributed by atoms with Crippen LogP contribution in [-0.4, -0.2) is 107 Å². The maximum absolute atomic E-state index is 18.0. The van der Waals surface area contributed by atoms with Crippen molar-refractivity contribution in [3.8, 4) is 34.8 Å². The molecule has 9 rings (SSSR count). The minimum Gasteiger partial charge on any atom is -0.497 e. The van der Waals surface area contributed by atoms with Gasteiger partial charge < -0.3 is 38.8 Å². The fraction of sp³-hybridized carbons (Fsp3) is 0.510. The number of hydrogen-bond donors (Lipinski definition) is 1. The molecule has 0 aliphatic carbocycles. The van der Waals surface area contributed by atoms with E-state index in [1.54, 1.807) is 76.0 Å². The molecule has 4 aliphatic rings. The average molecular weight is 975 g/mol. The number of fused-ring (bicyclic) bond motifs is 5. The lowest BCUT2D eigenvalue weighted by Gasteiger charge is -2.48. The van der Waals surface area contributed by atoms with Gasteiger partial charge in [0.2, 0.25) is 5.88 Å². The summed E-state index contributed by atoms with van der Waals surface area (Å²) < 4.78 is 109. The lowest BCUT2D eigenvalue weighted by atomic mass is 9.96. The molecule has 1 unspecified atom stereocenters. The van der Waals surface area contributed by atoms with Crippen molar-refractivity contribution in [2.24, 2.45) is 5.92 Å². The summed E-state index contributed by atoms with van der Waals surface area (Å²) in [5.41, 5.74) is -2.44. The molecule has 19 heteroatoms. The second-order valence-corrected chi connectivity index (χ2v) is 19.7. The van der Waals surface area contributed by atoms with Gasteiger partial charge in [0.15, 0.2) is 5.82 Å². The van der Waals surface area contributed by atoms with Gasteiger partial charge in [-0.05, 0) is 126 Å². The highest BCUT2D eigenvalue weighted by atomic mass is 19.4. The van der Waals surface area contributed by atoms with Gasteiger partial charge in [-0.1, -0.05) is 24.3 Å². The molecule has 3 aromatic heterocycles. The highest BCUT2D eigenvalue weighted by Crippen LogP contribution is 2.48. The van der Waals surface area contributed by atoms with E-state index in [1.165, 1.54) is 13.0 Å². The van der Waals surface area contributed by atoms with Crippen LogP contribution in [0.25, 0.3) is 22.3 Å². The number of carbonyl (C=O) groups is 1. The standard InChI is InChI=1S/C51H59F5N8O6/c1-28-21-38(62(24-30-10-15-35(66-6)16-11-30)25-31-12-17-36(67-7)18-13-31)58-43(40(28)51(54,55)56)44-41(53)42-39-46(61-48(60-42)68-27-32-9-8-20-57-23-33(52)22-32)63-26-34-14-19-37(45(63)29(2)69-47(39)59-44)64(34)49(65)70-50(3,4)5/h10-13,15-18,21,29,32-34,37,45,57H,8-9,14,19-20,22-27H2,1-7H3/t29-,32?,33+,34+,37-,45+/m0/s1. The van der Waals surface area contributed by atoms with Crippen molar-refractivity contribution >= 4 is 28.6 Å². The molecule has 0 spiro atoms. The number of aromatic nitrogens is 4. The topological polar surface area (TPSA) is 137 Å².